The molecule has 0 radical (unpaired) electrons. The van der Waals surface area contributed by atoms with Gasteiger partial charge in [-0.2, -0.15) is 0 Å². The van der Waals surface area contributed by atoms with Gasteiger partial charge in [-0.15, -0.1) is 12.4 Å². The van der Waals surface area contributed by atoms with Crippen molar-refractivity contribution < 1.29 is 4.79 Å². The SMILES string of the molecule is CCC(C)(C)C(=O)N1CCC(C(C)N)C1.Cl. The molecule has 1 aliphatic rings. The van der Waals surface area contributed by atoms with Crippen molar-refractivity contribution in [3.8, 4) is 0 Å². The van der Waals surface area contributed by atoms with Crippen LogP contribution in [0.25, 0.3) is 0 Å². The lowest BCUT2D eigenvalue weighted by atomic mass is 9.88. The van der Waals surface area contributed by atoms with Crippen LogP contribution >= 0.6 is 12.4 Å². The number of hydrogen-bond donors (Lipinski definition) is 1. The van der Waals surface area contributed by atoms with E-state index in [0.717, 1.165) is 25.9 Å². The van der Waals surface area contributed by atoms with Crippen LogP contribution in [0.2, 0.25) is 0 Å². The first kappa shape index (κ1) is 15.7. The van der Waals surface area contributed by atoms with Crippen molar-refractivity contribution in [2.75, 3.05) is 13.1 Å². The highest BCUT2D eigenvalue weighted by Crippen LogP contribution is 2.27. The second-order valence-corrected chi connectivity index (χ2v) is 5.40. The summed E-state index contributed by atoms with van der Waals surface area (Å²) in [5, 5.41) is 0. The molecule has 1 amide bonds. The summed E-state index contributed by atoms with van der Waals surface area (Å²) in [6, 6.07) is 0.201. The van der Waals surface area contributed by atoms with Crippen LogP contribution in [0.15, 0.2) is 0 Å². The highest BCUT2D eigenvalue weighted by Gasteiger charge is 2.35. The highest BCUT2D eigenvalue weighted by atomic mass is 35.5. The molecule has 1 heterocycles. The van der Waals surface area contributed by atoms with Crippen molar-refractivity contribution >= 4 is 18.3 Å². The molecule has 1 saturated heterocycles. The van der Waals surface area contributed by atoms with Crippen LogP contribution in [0.3, 0.4) is 0 Å². The third kappa shape index (κ3) is 3.36. The Bertz CT molecular complexity index is 241. The predicted octanol–water partition coefficient (Wildman–Crippen LogP) is 2.04. The highest BCUT2D eigenvalue weighted by molar-refractivity contribution is 5.85. The van der Waals surface area contributed by atoms with Gasteiger partial charge in [0.05, 0.1) is 0 Å². The first-order valence-corrected chi connectivity index (χ1v) is 5.93. The number of carbonyl (C=O) groups is 1. The number of rotatable bonds is 3. The fraction of sp³-hybridized carbons (Fsp3) is 0.917. The van der Waals surface area contributed by atoms with Crippen molar-refractivity contribution in [2.45, 2.75) is 46.6 Å². The van der Waals surface area contributed by atoms with Gasteiger partial charge in [0.25, 0.3) is 0 Å². The zero-order chi connectivity index (χ0) is 11.6. The van der Waals surface area contributed by atoms with Gasteiger partial charge in [-0.3, -0.25) is 4.79 Å². The maximum Gasteiger partial charge on any atom is 0.228 e. The molecule has 0 aliphatic carbocycles. The summed E-state index contributed by atoms with van der Waals surface area (Å²) in [6.07, 6.45) is 1.95. The minimum absolute atomic E-state index is 0. The smallest absolute Gasteiger partial charge is 0.228 e. The van der Waals surface area contributed by atoms with E-state index < -0.39 is 0 Å². The number of amides is 1. The predicted molar refractivity (Wildman–Crippen MR) is 69.7 cm³/mol. The van der Waals surface area contributed by atoms with Crippen molar-refractivity contribution in [3.63, 3.8) is 0 Å². The fourth-order valence-corrected chi connectivity index (χ4v) is 1.98. The number of likely N-dealkylation sites (tertiary alicyclic amines) is 1. The molecular weight excluding hydrogens is 224 g/mol. The van der Waals surface area contributed by atoms with Gasteiger partial charge in [0.2, 0.25) is 5.91 Å². The van der Waals surface area contributed by atoms with Gasteiger partial charge in [-0.25, -0.2) is 0 Å². The summed E-state index contributed by atoms with van der Waals surface area (Å²) in [6.45, 7) is 9.87. The van der Waals surface area contributed by atoms with E-state index in [0.29, 0.717) is 5.92 Å². The third-order valence-corrected chi connectivity index (χ3v) is 3.72. The maximum atomic E-state index is 12.2. The van der Waals surface area contributed by atoms with Crippen molar-refractivity contribution in [1.82, 2.24) is 4.90 Å². The van der Waals surface area contributed by atoms with Gasteiger partial charge in [-0.05, 0) is 25.7 Å². The quantitative estimate of drug-likeness (QED) is 0.831. The number of halogens is 1. The Morgan fingerprint density at radius 1 is 1.56 bits per heavy atom. The standard InChI is InChI=1S/C12H24N2O.ClH/c1-5-12(3,4)11(15)14-7-6-10(8-14)9(2)13;/h9-10H,5-8,13H2,1-4H3;1H. The fourth-order valence-electron chi connectivity index (χ4n) is 1.98. The van der Waals surface area contributed by atoms with Crippen LogP contribution in [-0.2, 0) is 4.79 Å². The summed E-state index contributed by atoms with van der Waals surface area (Å²) >= 11 is 0. The van der Waals surface area contributed by atoms with Gasteiger partial charge in [0.1, 0.15) is 0 Å². The van der Waals surface area contributed by atoms with E-state index in [1.165, 1.54) is 0 Å². The number of nitrogens with two attached hydrogens (primary N) is 1. The third-order valence-electron chi connectivity index (χ3n) is 3.72. The monoisotopic (exact) mass is 248 g/mol. The molecule has 4 heteroatoms. The van der Waals surface area contributed by atoms with Crippen LogP contribution < -0.4 is 5.73 Å². The lowest BCUT2D eigenvalue weighted by Crippen LogP contribution is -2.40. The van der Waals surface area contributed by atoms with Gasteiger partial charge < -0.3 is 10.6 Å². The molecule has 96 valence electrons. The van der Waals surface area contributed by atoms with Crippen LogP contribution in [-0.4, -0.2) is 29.9 Å². The van der Waals surface area contributed by atoms with Crippen LogP contribution in [0.5, 0.6) is 0 Å². The first-order valence-electron chi connectivity index (χ1n) is 5.93. The lowest BCUT2D eigenvalue weighted by Gasteiger charge is -2.28. The molecule has 1 rings (SSSR count). The molecule has 1 fully saturated rings. The van der Waals surface area contributed by atoms with Gasteiger partial charge in [0.15, 0.2) is 0 Å². The Morgan fingerprint density at radius 3 is 2.50 bits per heavy atom. The van der Waals surface area contributed by atoms with Gasteiger partial charge in [-0.1, -0.05) is 20.8 Å². The summed E-state index contributed by atoms with van der Waals surface area (Å²) in [5.74, 6) is 0.773. The number of nitrogens with zero attached hydrogens (tertiary/aromatic N) is 1. The molecule has 0 spiro atoms. The van der Waals surface area contributed by atoms with E-state index in [1.54, 1.807) is 0 Å². The molecule has 2 N–H and O–H groups in total. The Balaban J connectivity index is 0.00000225. The minimum atomic E-state index is -0.216. The molecule has 2 unspecified atom stereocenters. The van der Waals surface area contributed by atoms with E-state index in [2.05, 4.69) is 6.92 Å². The average Bonchev–Trinajstić information content (AvgIpc) is 2.65. The van der Waals surface area contributed by atoms with Crippen LogP contribution in [0.4, 0.5) is 0 Å². The first-order chi connectivity index (χ1) is 6.88. The van der Waals surface area contributed by atoms with E-state index in [9.17, 15) is 4.79 Å². The minimum Gasteiger partial charge on any atom is -0.342 e. The van der Waals surface area contributed by atoms with Crippen molar-refractivity contribution in [1.29, 1.82) is 0 Å². The Labute approximate surface area is 105 Å². The topological polar surface area (TPSA) is 46.3 Å². The van der Waals surface area contributed by atoms with E-state index in [-0.39, 0.29) is 29.8 Å². The zero-order valence-electron chi connectivity index (χ0n) is 10.8. The second-order valence-electron chi connectivity index (χ2n) is 5.40. The Morgan fingerprint density at radius 2 is 2.12 bits per heavy atom. The van der Waals surface area contributed by atoms with Crippen LogP contribution in [0.1, 0.15) is 40.5 Å². The summed E-state index contributed by atoms with van der Waals surface area (Å²) in [5.41, 5.74) is 5.65. The molecule has 0 aromatic rings. The molecule has 16 heavy (non-hydrogen) atoms. The maximum absolute atomic E-state index is 12.2. The van der Waals surface area contributed by atoms with Crippen LogP contribution in [0, 0.1) is 11.3 Å². The lowest BCUT2D eigenvalue weighted by molar-refractivity contribution is -0.139. The second kappa shape index (κ2) is 5.87. The Hall–Kier alpha value is -0.280. The Kier molecular flexibility index (Phi) is 5.77. The van der Waals surface area contributed by atoms with Gasteiger partial charge >= 0.3 is 0 Å². The van der Waals surface area contributed by atoms with E-state index >= 15 is 0 Å². The van der Waals surface area contributed by atoms with Gasteiger partial charge in [0, 0.05) is 24.5 Å². The average molecular weight is 249 g/mol. The molecule has 1 aliphatic heterocycles. The number of carbonyl (C=O) groups excluding carboxylic acids is 1. The number of hydrogen-bond acceptors (Lipinski definition) is 2. The molecule has 3 nitrogen and oxygen atoms in total. The molecular formula is C12H25ClN2O. The normalized spacial score (nSPS) is 22.8. The largest absolute Gasteiger partial charge is 0.342 e. The summed E-state index contributed by atoms with van der Waals surface area (Å²) in [7, 11) is 0. The molecule has 0 bridgehead atoms. The summed E-state index contributed by atoms with van der Waals surface area (Å²) < 4.78 is 0. The molecule has 2 atom stereocenters. The zero-order valence-corrected chi connectivity index (χ0v) is 11.6. The molecule has 0 aromatic heterocycles. The van der Waals surface area contributed by atoms with Crippen molar-refractivity contribution in [3.05, 3.63) is 0 Å². The molecule has 0 aromatic carbocycles. The van der Waals surface area contributed by atoms with E-state index in [4.69, 9.17) is 5.73 Å². The van der Waals surface area contributed by atoms with Crippen molar-refractivity contribution in [2.24, 2.45) is 17.1 Å². The summed E-state index contributed by atoms with van der Waals surface area (Å²) in [4.78, 5) is 14.1. The molecule has 0 saturated carbocycles. The van der Waals surface area contributed by atoms with E-state index in [1.807, 2.05) is 25.7 Å².